The average molecular weight is 962 g/mol. The lowest BCUT2D eigenvalue weighted by molar-refractivity contribution is -0.167. The fourth-order valence-electron chi connectivity index (χ4n) is 9.63. The molecule has 0 aliphatic heterocycles. The summed E-state index contributed by atoms with van der Waals surface area (Å²) in [4.78, 5) is 38.2. The molecule has 0 unspecified atom stereocenters. The Balaban J connectivity index is 4.28. The molecule has 404 valence electrons. The van der Waals surface area contributed by atoms with Crippen molar-refractivity contribution in [3.63, 3.8) is 0 Å². The van der Waals surface area contributed by atoms with Gasteiger partial charge in [0.1, 0.15) is 13.2 Å². The van der Waals surface area contributed by atoms with Gasteiger partial charge in [0, 0.05) is 19.3 Å². The summed E-state index contributed by atoms with van der Waals surface area (Å²) in [6.45, 7) is 9.09. The van der Waals surface area contributed by atoms with Crippen molar-refractivity contribution in [2.75, 3.05) is 13.2 Å². The van der Waals surface area contributed by atoms with Gasteiger partial charge < -0.3 is 14.2 Å². The Morgan fingerprint density at radius 1 is 0.279 bits per heavy atom. The number of rotatable bonds is 57. The van der Waals surface area contributed by atoms with Gasteiger partial charge in [0.05, 0.1) is 0 Å². The summed E-state index contributed by atoms with van der Waals surface area (Å²) in [7, 11) is 0. The van der Waals surface area contributed by atoms with Gasteiger partial charge in [0.25, 0.3) is 0 Å². The molecule has 0 radical (unpaired) electrons. The summed E-state index contributed by atoms with van der Waals surface area (Å²) in [5, 5.41) is 0. The summed E-state index contributed by atoms with van der Waals surface area (Å²) < 4.78 is 16.9. The third kappa shape index (κ3) is 55.3. The highest BCUT2D eigenvalue weighted by molar-refractivity contribution is 5.71. The van der Waals surface area contributed by atoms with Gasteiger partial charge >= 0.3 is 17.9 Å². The maximum absolute atomic E-state index is 12.9. The smallest absolute Gasteiger partial charge is 0.306 e. The highest BCUT2D eigenvalue weighted by atomic mass is 16.6. The molecule has 0 spiro atoms. The molecule has 0 heterocycles. The molecule has 0 saturated heterocycles. The Hall–Kier alpha value is -1.59. The van der Waals surface area contributed by atoms with E-state index >= 15 is 0 Å². The molecule has 1 atom stereocenters. The van der Waals surface area contributed by atoms with Crippen molar-refractivity contribution in [3.8, 4) is 0 Å². The lowest BCUT2D eigenvalue weighted by atomic mass is 10.0. The first-order chi connectivity index (χ1) is 33.4. The van der Waals surface area contributed by atoms with Crippen LogP contribution in [0.2, 0.25) is 0 Å². The van der Waals surface area contributed by atoms with Gasteiger partial charge in [-0.1, -0.05) is 317 Å². The van der Waals surface area contributed by atoms with E-state index in [0.29, 0.717) is 19.3 Å². The number of carbonyl (C=O) groups is 3. The first kappa shape index (κ1) is 66.4. The molecule has 0 amide bonds. The van der Waals surface area contributed by atoms with Crippen LogP contribution in [0.3, 0.4) is 0 Å². The Bertz CT molecular complexity index is 1030. The van der Waals surface area contributed by atoms with Crippen molar-refractivity contribution >= 4 is 17.9 Å². The second-order valence-electron chi connectivity index (χ2n) is 21.8. The fraction of sp³-hybridized carbons (Fsp3) is 0.952. The van der Waals surface area contributed by atoms with Gasteiger partial charge in [0.15, 0.2) is 6.10 Å². The molecule has 0 bridgehead atoms. The Morgan fingerprint density at radius 2 is 0.485 bits per heavy atom. The van der Waals surface area contributed by atoms with Gasteiger partial charge in [0.2, 0.25) is 0 Å². The standard InChI is InChI=1S/C62H120O6/c1-5-7-9-11-13-15-17-19-21-22-26-30-34-38-42-46-50-54-61(64)67-57-59(56-66-60(63)53-49-45-41-37-33-29-20-18-16-14-12-10-8-6-2)68-62(65)55-51-47-43-39-35-31-27-24-23-25-28-32-36-40-44-48-52-58(3)4/h58-59H,5-57H2,1-4H3/t59-/m0/s1. The van der Waals surface area contributed by atoms with Crippen LogP contribution < -0.4 is 0 Å². The molecule has 0 aliphatic rings. The molecule has 0 rings (SSSR count). The van der Waals surface area contributed by atoms with E-state index in [2.05, 4.69) is 27.7 Å². The number of carbonyl (C=O) groups excluding carboxylic acids is 3. The summed E-state index contributed by atoms with van der Waals surface area (Å²) in [6, 6.07) is 0. The van der Waals surface area contributed by atoms with Crippen molar-refractivity contribution in [2.24, 2.45) is 5.92 Å². The summed E-state index contributed by atoms with van der Waals surface area (Å²) in [5.41, 5.74) is 0. The van der Waals surface area contributed by atoms with Crippen LogP contribution in [0.1, 0.15) is 355 Å². The topological polar surface area (TPSA) is 78.9 Å². The average Bonchev–Trinajstić information content (AvgIpc) is 3.32. The molecule has 0 saturated carbocycles. The van der Waals surface area contributed by atoms with Crippen molar-refractivity contribution in [3.05, 3.63) is 0 Å². The third-order valence-corrected chi connectivity index (χ3v) is 14.3. The highest BCUT2D eigenvalue weighted by Crippen LogP contribution is 2.18. The number of hydrogen-bond acceptors (Lipinski definition) is 6. The molecule has 6 heteroatoms. The summed E-state index contributed by atoms with van der Waals surface area (Å²) >= 11 is 0. The zero-order valence-electron chi connectivity index (χ0n) is 46.6. The molecule has 0 N–H and O–H groups in total. The SMILES string of the molecule is CCCCCCCCCCCCCCCCCCCC(=O)OC[C@H](COC(=O)CCCCCCCCCCCCCCCC)OC(=O)CCCCCCCCCCCCCCCCCCC(C)C. The van der Waals surface area contributed by atoms with E-state index in [-0.39, 0.29) is 31.1 Å². The van der Waals surface area contributed by atoms with Crippen LogP contribution in [-0.2, 0) is 28.6 Å². The predicted molar refractivity (Wildman–Crippen MR) is 293 cm³/mol. The number of hydrogen-bond donors (Lipinski definition) is 0. The van der Waals surface area contributed by atoms with Crippen molar-refractivity contribution in [2.45, 2.75) is 361 Å². The largest absolute Gasteiger partial charge is 0.462 e. The Kier molecular flexibility index (Phi) is 55.0. The summed E-state index contributed by atoms with van der Waals surface area (Å²) in [6.07, 6.45) is 62.4. The molecular formula is C62H120O6. The van der Waals surface area contributed by atoms with E-state index in [9.17, 15) is 14.4 Å². The van der Waals surface area contributed by atoms with Gasteiger partial charge in [-0.15, -0.1) is 0 Å². The maximum Gasteiger partial charge on any atom is 0.306 e. The maximum atomic E-state index is 12.9. The number of esters is 3. The minimum Gasteiger partial charge on any atom is -0.462 e. The van der Waals surface area contributed by atoms with Crippen LogP contribution in [0.25, 0.3) is 0 Å². The Morgan fingerprint density at radius 3 is 0.721 bits per heavy atom. The molecule has 0 aromatic carbocycles. The molecule has 0 aliphatic carbocycles. The van der Waals surface area contributed by atoms with Crippen molar-refractivity contribution in [1.29, 1.82) is 0 Å². The highest BCUT2D eigenvalue weighted by Gasteiger charge is 2.19. The van der Waals surface area contributed by atoms with E-state index in [1.807, 2.05) is 0 Å². The lowest BCUT2D eigenvalue weighted by Gasteiger charge is -2.18. The van der Waals surface area contributed by atoms with Gasteiger partial charge in [-0.25, -0.2) is 0 Å². The second kappa shape index (κ2) is 56.3. The van der Waals surface area contributed by atoms with Crippen LogP contribution in [0.15, 0.2) is 0 Å². The Labute approximate surface area is 425 Å². The monoisotopic (exact) mass is 961 g/mol. The van der Waals surface area contributed by atoms with E-state index in [1.165, 1.54) is 250 Å². The summed E-state index contributed by atoms with van der Waals surface area (Å²) in [5.74, 6) is 0.0223. The van der Waals surface area contributed by atoms with Crippen LogP contribution >= 0.6 is 0 Å². The molecule has 0 fully saturated rings. The van der Waals surface area contributed by atoms with Crippen LogP contribution in [0.5, 0.6) is 0 Å². The van der Waals surface area contributed by atoms with Crippen LogP contribution in [0.4, 0.5) is 0 Å². The zero-order chi connectivity index (χ0) is 49.5. The van der Waals surface area contributed by atoms with E-state index < -0.39 is 6.10 Å². The lowest BCUT2D eigenvalue weighted by Crippen LogP contribution is -2.30. The molecular weight excluding hydrogens is 841 g/mol. The zero-order valence-corrected chi connectivity index (χ0v) is 46.6. The van der Waals surface area contributed by atoms with Gasteiger partial charge in [-0.05, 0) is 25.2 Å². The van der Waals surface area contributed by atoms with Gasteiger partial charge in [-0.2, -0.15) is 0 Å². The molecule has 0 aromatic heterocycles. The number of ether oxygens (including phenoxy) is 3. The first-order valence-electron chi connectivity index (χ1n) is 30.9. The molecule has 68 heavy (non-hydrogen) atoms. The van der Waals surface area contributed by atoms with E-state index in [0.717, 1.165) is 63.7 Å². The fourth-order valence-corrected chi connectivity index (χ4v) is 9.63. The van der Waals surface area contributed by atoms with Crippen molar-refractivity contribution in [1.82, 2.24) is 0 Å². The molecule has 6 nitrogen and oxygen atoms in total. The first-order valence-corrected chi connectivity index (χ1v) is 30.9. The van der Waals surface area contributed by atoms with Crippen molar-refractivity contribution < 1.29 is 28.6 Å². The van der Waals surface area contributed by atoms with Crippen LogP contribution in [-0.4, -0.2) is 37.2 Å². The minimum atomic E-state index is -0.762. The minimum absolute atomic E-state index is 0.0613. The van der Waals surface area contributed by atoms with E-state index in [1.54, 1.807) is 0 Å². The quantitative estimate of drug-likeness (QED) is 0.0343. The molecule has 0 aromatic rings. The second-order valence-corrected chi connectivity index (χ2v) is 21.8. The van der Waals surface area contributed by atoms with Crippen LogP contribution in [0, 0.1) is 5.92 Å². The predicted octanol–water partition coefficient (Wildman–Crippen LogP) is 20.6. The van der Waals surface area contributed by atoms with E-state index in [4.69, 9.17) is 14.2 Å². The third-order valence-electron chi connectivity index (χ3n) is 14.3. The number of unbranched alkanes of at least 4 members (excludes halogenated alkanes) is 44. The van der Waals surface area contributed by atoms with Gasteiger partial charge in [-0.3, -0.25) is 14.4 Å². The normalized spacial score (nSPS) is 12.0.